The zero-order valence-corrected chi connectivity index (χ0v) is 13.8. The van der Waals surface area contributed by atoms with Crippen LogP contribution < -0.4 is 5.32 Å². The Morgan fingerprint density at radius 3 is 2.53 bits per heavy atom. The fourth-order valence-corrected chi connectivity index (χ4v) is 2.93. The first-order chi connectivity index (χ1) is 8.87. The molecule has 0 aromatic heterocycles. The van der Waals surface area contributed by atoms with Gasteiger partial charge in [0, 0.05) is 12.1 Å². The van der Waals surface area contributed by atoms with E-state index in [2.05, 4.69) is 39.9 Å². The summed E-state index contributed by atoms with van der Waals surface area (Å²) in [7, 11) is 0. The molecule has 0 aromatic rings. The summed E-state index contributed by atoms with van der Waals surface area (Å²) in [4.78, 5) is 0. The number of ether oxygens (including phenoxy) is 1. The molecule has 1 saturated heterocycles. The molecule has 0 aliphatic carbocycles. The second-order valence-corrected chi connectivity index (χ2v) is 7.69. The third kappa shape index (κ3) is 8.65. The van der Waals surface area contributed by atoms with Crippen molar-refractivity contribution >= 4 is 0 Å². The molecule has 0 saturated carbocycles. The average molecular weight is 269 g/mol. The standard InChI is InChI=1S/C17H35NO/c1-14(2)12-15(13-18-17(3,4)5)8-6-9-16-10-7-11-19-16/h14-16,18H,6-13H2,1-5H3. The maximum atomic E-state index is 5.71. The molecule has 1 aliphatic heterocycles. The molecule has 2 atom stereocenters. The second kappa shape index (κ2) is 8.26. The van der Waals surface area contributed by atoms with Crippen molar-refractivity contribution in [3.8, 4) is 0 Å². The lowest BCUT2D eigenvalue weighted by Gasteiger charge is -2.26. The molecule has 1 aliphatic rings. The van der Waals surface area contributed by atoms with E-state index in [-0.39, 0.29) is 5.54 Å². The van der Waals surface area contributed by atoms with Crippen molar-refractivity contribution in [2.75, 3.05) is 13.2 Å². The van der Waals surface area contributed by atoms with Crippen LogP contribution in [0.1, 0.15) is 73.1 Å². The van der Waals surface area contributed by atoms with E-state index in [1.165, 1.54) is 38.5 Å². The minimum Gasteiger partial charge on any atom is -0.378 e. The Morgan fingerprint density at radius 2 is 2.00 bits per heavy atom. The van der Waals surface area contributed by atoms with E-state index in [0.29, 0.717) is 6.10 Å². The van der Waals surface area contributed by atoms with Gasteiger partial charge in [0.15, 0.2) is 0 Å². The fourth-order valence-electron chi connectivity index (χ4n) is 2.93. The molecule has 1 fully saturated rings. The van der Waals surface area contributed by atoms with Gasteiger partial charge >= 0.3 is 0 Å². The molecule has 0 spiro atoms. The van der Waals surface area contributed by atoms with E-state index < -0.39 is 0 Å². The summed E-state index contributed by atoms with van der Waals surface area (Å²) in [5.41, 5.74) is 0.240. The highest BCUT2D eigenvalue weighted by atomic mass is 16.5. The normalized spacial score (nSPS) is 22.1. The maximum Gasteiger partial charge on any atom is 0.0576 e. The van der Waals surface area contributed by atoms with Gasteiger partial charge in [-0.2, -0.15) is 0 Å². The van der Waals surface area contributed by atoms with Gasteiger partial charge in [-0.1, -0.05) is 20.3 Å². The lowest BCUT2D eigenvalue weighted by Crippen LogP contribution is -2.39. The Bertz CT molecular complexity index is 226. The molecule has 114 valence electrons. The molecular weight excluding hydrogens is 234 g/mol. The van der Waals surface area contributed by atoms with Crippen molar-refractivity contribution < 1.29 is 4.74 Å². The molecule has 2 nitrogen and oxygen atoms in total. The van der Waals surface area contributed by atoms with Crippen LogP contribution in [0.3, 0.4) is 0 Å². The lowest BCUT2D eigenvalue weighted by atomic mass is 9.90. The Hall–Kier alpha value is -0.0800. The van der Waals surface area contributed by atoms with Crippen LogP contribution in [0.4, 0.5) is 0 Å². The first-order valence-corrected chi connectivity index (χ1v) is 8.23. The van der Waals surface area contributed by atoms with Crippen LogP contribution in [0.25, 0.3) is 0 Å². The van der Waals surface area contributed by atoms with Crippen LogP contribution in [0.2, 0.25) is 0 Å². The van der Waals surface area contributed by atoms with E-state index in [1.807, 2.05) is 0 Å². The summed E-state index contributed by atoms with van der Waals surface area (Å²) >= 11 is 0. The number of rotatable bonds is 8. The van der Waals surface area contributed by atoms with Gasteiger partial charge in [-0.25, -0.2) is 0 Å². The molecule has 1 N–H and O–H groups in total. The third-order valence-corrected chi connectivity index (χ3v) is 3.89. The lowest BCUT2D eigenvalue weighted by molar-refractivity contribution is 0.100. The quantitative estimate of drug-likeness (QED) is 0.706. The molecule has 1 rings (SSSR count). The smallest absolute Gasteiger partial charge is 0.0576 e. The second-order valence-electron chi connectivity index (χ2n) is 7.69. The van der Waals surface area contributed by atoms with Crippen molar-refractivity contribution in [2.45, 2.75) is 84.8 Å². The Kier molecular flexibility index (Phi) is 7.38. The molecule has 19 heavy (non-hydrogen) atoms. The topological polar surface area (TPSA) is 21.3 Å². The third-order valence-electron chi connectivity index (χ3n) is 3.89. The van der Waals surface area contributed by atoms with Gasteiger partial charge < -0.3 is 10.1 Å². The SMILES string of the molecule is CC(C)CC(CCCC1CCCO1)CNC(C)(C)C. The summed E-state index contributed by atoms with van der Waals surface area (Å²) in [6.45, 7) is 13.6. The van der Waals surface area contributed by atoms with E-state index >= 15 is 0 Å². The van der Waals surface area contributed by atoms with E-state index in [1.54, 1.807) is 0 Å². The zero-order valence-electron chi connectivity index (χ0n) is 13.8. The largest absolute Gasteiger partial charge is 0.378 e. The molecular formula is C17H35NO. The van der Waals surface area contributed by atoms with E-state index in [9.17, 15) is 0 Å². The minimum atomic E-state index is 0.240. The Labute approximate surface area is 120 Å². The van der Waals surface area contributed by atoms with E-state index in [0.717, 1.165) is 25.0 Å². The van der Waals surface area contributed by atoms with Crippen molar-refractivity contribution in [3.05, 3.63) is 0 Å². The maximum absolute atomic E-state index is 5.71. The number of nitrogens with one attached hydrogen (secondary N) is 1. The highest BCUT2D eigenvalue weighted by Gasteiger charge is 2.18. The minimum absolute atomic E-state index is 0.240. The van der Waals surface area contributed by atoms with Crippen molar-refractivity contribution in [1.29, 1.82) is 0 Å². The van der Waals surface area contributed by atoms with Gasteiger partial charge in [-0.3, -0.25) is 0 Å². The van der Waals surface area contributed by atoms with Crippen molar-refractivity contribution in [3.63, 3.8) is 0 Å². The van der Waals surface area contributed by atoms with Gasteiger partial charge in [0.05, 0.1) is 6.10 Å². The molecule has 1 heterocycles. The van der Waals surface area contributed by atoms with Crippen LogP contribution in [0.5, 0.6) is 0 Å². The molecule has 2 unspecified atom stereocenters. The van der Waals surface area contributed by atoms with Crippen LogP contribution in [-0.2, 0) is 4.74 Å². The summed E-state index contributed by atoms with van der Waals surface area (Å²) in [6, 6.07) is 0. The van der Waals surface area contributed by atoms with Gasteiger partial charge in [-0.05, 0) is 71.3 Å². The first kappa shape index (κ1) is 17.0. The molecule has 0 bridgehead atoms. The molecule has 0 radical (unpaired) electrons. The molecule has 0 amide bonds. The van der Waals surface area contributed by atoms with Gasteiger partial charge in [-0.15, -0.1) is 0 Å². The van der Waals surface area contributed by atoms with Gasteiger partial charge in [0.1, 0.15) is 0 Å². The molecule has 2 heteroatoms. The summed E-state index contributed by atoms with van der Waals surface area (Å²) in [5.74, 6) is 1.62. The monoisotopic (exact) mass is 269 g/mol. The first-order valence-electron chi connectivity index (χ1n) is 8.23. The van der Waals surface area contributed by atoms with Gasteiger partial charge in [0.25, 0.3) is 0 Å². The number of hydrogen-bond donors (Lipinski definition) is 1. The highest BCUT2D eigenvalue weighted by molar-refractivity contribution is 4.75. The zero-order chi connectivity index (χ0) is 14.3. The Balaban J connectivity index is 2.23. The predicted octanol–water partition coefficient (Wildman–Crippen LogP) is 4.39. The van der Waals surface area contributed by atoms with Crippen molar-refractivity contribution in [1.82, 2.24) is 5.32 Å². The summed E-state index contributed by atoms with van der Waals surface area (Å²) in [5, 5.41) is 3.67. The molecule has 0 aromatic carbocycles. The van der Waals surface area contributed by atoms with E-state index in [4.69, 9.17) is 4.74 Å². The fraction of sp³-hybridized carbons (Fsp3) is 1.00. The van der Waals surface area contributed by atoms with Gasteiger partial charge in [0.2, 0.25) is 0 Å². The van der Waals surface area contributed by atoms with Crippen LogP contribution in [0, 0.1) is 11.8 Å². The Morgan fingerprint density at radius 1 is 1.26 bits per heavy atom. The number of hydrogen-bond acceptors (Lipinski definition) is 2. The highest BCUT2D eigenvalue weighted by Crippen LogP contribution is 2.22. The average Bonchev–Trinajstić information content (AvgIpc) is 2.77. The van der Waals surface area contributed by atoms with Crippen molar-refractivity contribution in [2.24, 2.45) is 11.8 Å². The summed E-state index contributed by atoms with van der Waals surface area (Å²) in [6.07, 6.45) is 8.41. The van der Waals surface area contributed by atoms with Crippen LogP contribution in [0.15, 0.2) is 0 Å². The van der Waals surface area contributed by atoms with Crippen LogP contribution in [-0.4, -0.2) is 24.8 Å². The van der Waals surface area contributed by atoms with Crippen LogP contribution >= 0.6 is 0 Å². The predicted molar refractivity (Wildman–Crippen MR) is 83.5 cm³/mol. The summed E-state index contributed by atoms with van der Waals surface area (Å²) < 4.78 is 5.71.